The van der Waals surface area contributed by atoms with E-state index in [0.717, 1.165) is 11.1 Å². The van der Waals surface area contributed by atoms with Gasteiger partial charge in [0.15, 0.2) is 0 Å². The van der Waals surface area contributed by atoms with Gasteiger partial charge in [0.25, 0.3) is 0 Å². The summed E-state index contributed by atoms with van der Waals surface area (Å²) in [5, 5.41) is 12.1. The Morgan fingerprint density at radius 1 is 1.06 bits per heavy atom. The molecule has 0 fully saturated rings. The van der Waals surface area contributed by atoms with Crippen LogP contribution < -0.4 is 11.1 Å². The highest BCUT2D eigenvalue weighted by Gasteiger charge is 2.00. The Bertz CT molecular complexity index is 526. The monoisotopic (exact) mass is 246 g/mol. The average molecular weight is 246 g/mol. The van der Waals surface area contributed by atoms with Crippen molar-refractivity contribution in [2.24, 2.45) is 0 Å². The second kappa shape index (κ2) is 5.51. The third kappa shape index (κ3) is 2.99. The number of halogens is 1. The highest BCUT2D eigenvalue weighted by molar-refractivity contribution is 5.65. The highest BCUT2D eigenvalue weighted by Crippen LogP contribution is 2.19. The maximum absolute atomic E-state index is 12.9. The highest BCUT2D eigenvalue weighted by atomic mass is 19.1. The van der Waals surface area contributed by atoms with Gasteiger partial charge in [0.05, 0.1) is 18.0 Å². The topological polar surface area (TPSA) is 58.3 Å². The molecule has 0 aliphatic heterocycles. The SMILES string of the molecule is Nc1cc(F)ccc1NCc1ccc(CO)cc1. The molecule has 0 aliphatic rings. The summed E-state index contributed by atoms with van der Waals surface area (Å²) in [6.07, 6.45) is 0. The predicted octanol–water partition coefficient (Wildman–Crippen LogP) is 2.51. The van der Waals surface area contributed by atoms with Gasteiger partial charge >= 0.3 is 0 Å². The van der Waals surface area contributed by atoms with Crippen LogP contribution in [0.3, 0.4) is 0 Å². The largest absolute Gasteiger partial charge is 0.397 e. The van der Waals surface area contributed by atoms with Crippen molar-refractivity contribution < 1.29 is 9.50 Å². The van der Waals surface area contributed by atoms with Crippen LogP contribution in [0.1, 0.15) is 11.1 Å². The molecule has 0 atom stereocenters. The number of hydrogen-bond donors (Lipinski definition) is 3. The Morgan fingerprint density at radius 2 is 1.72 bits per heavy atom. The quantitative estimate of drug-likeness (QED) is 0.726. The van der Waals surface area contributed by atoms with E-state index < -0.39 is 0 Å². The molecular formula is C14H15FN2O. The van der Waals surface area contributed by atoms with E-state index in [1.54, 1.807) is 6.07 Å². The number of nitrogen functional groups attached to an aromatic ring is 1. The van der Waals surface area contributed by atoms with Gasteiger partial charge in [-0.25, -0.2) is 4.39 Å². The van der Waals surface area contributed by atoms with E-state index in [4.69, 9.17) is 10.8 Å². The van der Waals surface area contributed by atoms with Crippen molar-refractivity contribution in [3.8, 4) is 0 Å². The van der Waals surface area contributed by atoms with E-state index in [-0.39, 0.29) is 12.4 Å². The van der Waals surface area contributed by atoms with E-state index in [2.05, 4.69) is 5.32 Å². The minimum Gasteiger partial charge on any atom is -0.397 e. The van der Waals surface area contributed by atoms with E-state index in [0.29, 0.717) is 17.9 Å². The number of nitrogens with two attached hydrogens (primary N) is 1. The predicted molar refractivity (Wildman–Crippen MR) is 70.5 cm³/mol. The fourth-order valence-corrected chi connectivity index (χ4v) is 1.65. The van der Waals surface area contributed by atoms with Crippen LogP contribution in [0.4, 0.5) is 15.8 Å². The molecule has 2 rings (SSSR count). The lowest BCUT2D eigenvalue weighted by Gasteiger charge is -2.09. The maximum atomic E-state index is 12.9. The first-order valence-corrected chi connectivity index (χ1v) is 5.66. The standard InChI is InChI=1S/C14H15FN2O/c15-12-5-6-14(13(16)7-12)17-8-10-1-3-11(9-18)4-2-10/h1-7,17-18H,8-9,16H2. The molecule has 0 aliphatic carbocycles. The van der Waals surface area contributed by atoms with Gasteiger partial charge in [-0.1, -0.05) is 24.3 Å². The van der Waals surface area contributed by atoms with Gasteiger partial charge in [0.1, 0.15) is 5.82 Å². The van der Waals surface area contributed by atoms with Crippen LogP contribution in [0, 0.1) is 5.82 Å². The minimum absolute atomic E-state index is 0.0403. The van der Waals surface area contributed by atoms with Gasteiger partial charge in [-0.2, -0.15) is 0 Å². The molecule has 3 nitrogen and oxygen atoms in total. The molecule has 0 amide bonds. The lowest BCUT2D eigenvalue weighted by atomic mass is 10.1. The zero-order valence-electron chi connectivity index (χ0n) is 9.86. The van der Waals surface area contributed by atoms with Gasteiger partial charge in [0, 0.05) is 6.54 Å². The summed E-state index contributed by atoms with van der Waals surface area (Å²) in [7, 11) is 0. The Hall–Kier alpha value is -2.07. The normalized spacial score (nSPS) is 10.3. The van der Waals surface area contributed by atoms with Crippen LogP contribution >= 0.6 is 0 Å². The van der Waals surface area contributed by atoms with Gasteiger partial charge in [-0.05, 0) is 29.3 Å². The third-order valence-corrected chi connectivity index (χ3v) is 2.70. The molecule has 94 valence electrons. The molecule has 0 saturated carbocycles. The van der Waals surface area contributed by atoms with Crippen molar-refractivity contribution in [2.75, 3.05) is 11.1 Å². The number of aliphatic hydroxyl groups is 1. The van der Waals surface area contributed by atoms with E-state index in [1.807, 2.05) is 24.3 Å². The van der Waals surface area contributed by atoms with Gasteiger partial charge in [-0.15, -0.1) is 0 Å². The molecule has 0 bridgehead atoms. The molecular weight excluding hydrogens is 231 g/mol. The molecule has 2 aromatic rings. The van der Waals surface area contributed by atoms with Crippen LogP contribution in [0.5, 0.6) is 0 Å². The smallest absolute Gasteiger partial charge is 0.125 e. The van der Waals surface area contributed by atoms with Crippen LogP contribution in [0.25, 0.3) is 0 Å². The third-order valence-electron chi connectivity index (χ3n) is 2.70. The minimum atomic E-state index is -0.342. The van der Waals surface area contributed by atoms with Crippen LogP contribution in [0.2, 0.25) is 0 Å². The number of benzene rings is 2. The zero-order chi connectivity index (χ0) is 13.0. The van der Waals surface area contributed by atoms with Crippen molar-refractivity contribution in [1.82, 2.24) is 0 Å². The average Bonchev–Trinajstić information content (AvgIpc) is 2.38. The fourth-order valence-electron chi connectivity index (χ4n) is 1.65. The molecule has 4 heteroatoms. The molecule has 0 heterocycles. The van der Waals surface area contributed by atoms with Crippen molar-refractivity contribution >= 4 is 11.4 Å². The van der Waals surface area contributed by atoms with Crippen molar-refractivity contribution in [2.45, 2.75) is 13.2 Å². The summed E-state index contributed by atoms with van der Waals surface area (Å²) in [5.41, 5.74) is 8.74. The summed E-state index contributed by atoms with van der Waals surface area (Å²) in [4.78, 5) is 0. The van der Waals surface area contributed by atoms with E-state index in [1.165, 1.54) is 12.1 Å². The first-order chi connectivity index (χ1) is 8.69. The Balaban J connectivity index is 2.02. The lowest BCUT2D eigenvalue weighted by molar-refractivity contribution is 0.282. The molecule has 18 heavy (non-hydrogen) atoms. The van der Waals surface area contributed by atoms with Crippen molar-refractivity contribution in [3.05, 3.63) is 59.4 Å². The molecule has 0 aromatic heterocycles. The molecule has 0 unspecified atom stereocenters. The summed E-state index contributed by atoms with van der Waals surface area (Å²) < 4.78 is 12.9. The number of aliphatic hydroxyl groups excluding tert-OH is 1. The number of anilines is 2. The number of rotatable bonds is 4. The first kappa shape index (κ1) is 12.4. The Morgan fingerprint density at radius 3 is 2.33 bits per heavy atom. The van der Waals surface area contributed by atoms with E-state index >= 15 is 0 Å². The molecule has 2 aromatic carbocycles. The van der Waals surface area contributed by atoms with Gasteiger partial charge < -0.3 is 16.2 Å². The fraction of sp³-hybridized carbons (Fsp3) is 0.143. The summed E-state index contributed by atoms with van der Waals surface area (Å²) in [6, 6.07) is 11.9. The molecule has 4 N–H and O–H groups in total. The summed E-state index contributed by atoms with van der Waals surface area (Å²) in [6.45, 7) is 0.639. The number of nitrogens with one attached hydrogen (secondary N) is 1. The van der Waals surface area contributed by atoms with Crippen LogP contribution in [-0.4, -0.2) is 5.11 Å². The van der Waals surface area contributed by atoms with Gasteiger partial charge in [-0.3, -0.25) is 0 Å². The van der Waals surface area contributed by atoms with Crippen molar-refractivity contribution in [1.29, 1.82) is 0 Å². The molecule has 0 saturated heterocycles. The number of hydrogen-bond acceptors (Lipinski definition) is 3. The van der Waals surface area contributed by atoms with E-state index in [9.17, 15) is 4.39 Å². The Labute approximate surface area is 105 Å². The molecule has 0 spiro atoms. The van der Waals surface area contributed by atoms with Crippen LogP contribution in [0.15, 0.2) is 42.5 Å². The maximum Gasteiger partial charge on any atom is 0.125 e. The summed E-state index contributed by atoms with van der Waals surface area (Å²) in [5.74, 6) is -0.342. The first-order valence-electron chi connectivity index (χ1n) is 5.66. The van der Waals surface area contributed by atoms with Crippen LogP contribution in [-0.2, 0) is 13.2 Å². The Kier molecular flexibility index (Phi) is 3.79. The molecule has 0 radical (unpaired) electrons. The lowest BCUT2D eigenvalue weighted by Crippen LogP contribution is -2.02. The second-order valence-corrected chi connectivity index (χ2v) is 4.06. The second-order valence-electron chi connectivity index (χ2n) is 4.06. The van der Waals surface area contributed by atoms with Gasteiger partial charge in [0.2, 0.25) is 0 Å². The summed E-state index contributed by atoms with van der Waals surface area (Å²) >= 11 is 0. The zero-order valence-corrected chi connectivity index (χ0v) is 9.86. The van der Waals surface area contributed by atoms with Crippen molar-refractivity contribution in [3.63, 3.8) is 0 Å².